The summed E-state index contributed by atoms with van der Waals surface area (Å²) in [5, 5.41) is 7.42. The van der Waals surface area contributed by atoms with Gasteiger partial charge in [0.15, 0.2) is 0 Å². The number of pyridine rings is 2. The van der Waals surface area contributed by atoms with Crippen molar-refractivity contribution in [1.82, 2.24) is 19.5 Å². The minimum absolute atomic E-state index is 0.942. The van der Waals surface area contributed by atoms with Crippen LogP contribution in [0.5, 0.6) is 0 Å². The molecule has 49 heavy (non-hydrogen) atoms. The Morgan fingerprint density at radius 1 is 0.408 bits per heavy atom. The summed E-state index contributed by atoms with van der Waals surface area (Å²) < 4.78 is 2.29. The van der Waals surface area contributed by atoms with E-state index in [0.717, 1.165) is 50.4 Å². The molecule has 0 aliphatic carbocycles. The summed E-state index contributed by atoms with van der Waals surface area (Å²) in [5.74, 6) is 0.942. The first kappa shape index (κ1) is 27.5. The van der Waals surface area contributed by atoms with Crippen LogP contribution in [0.1, 0.15) is 0 Å². The lowest BCUT2D eigenvalue weighted by Gasteiger charge is -2.18. The second-order valence-corrected chi connectivity index (χ2v) is 12.5. The molecule has 0 atom stereocenters. The molecule has 0 N–H and O–H groups in total. The fourth-order valence-electron chi connectivity index (χ4n) is 7.50. The maximum Gasteiger partial charge on any atom is 0.146 e. The lowest BCUT2D eigenvalue weighted by molar-refractivity contribution is 1.11. The second-order valence-electron chi connectivity index (χ2n) is 12.5. The van der Waals surface area contributed by atoms with Crippen LogP contribution < -0.4 is 0 Å². The van der Waals surface area contributed by atoms with Crippen LogP contribution >= 0.6 is 0 Å². The highest BCUT2D eigenvalue weighted by Gasteiger charge is 2.20. The molecule has 0 aliphatic heterocycles. The smallest absolute Gasteiger partial charge is 0.146 e. The molecule has 7 aromatic carbocycles. The van der Waals surface area contributed by atoms with Crippen molar-refractivity contribution < 1.29 is 0 Å². The molecule has 0 amide bonds. The second kappa shape index (κ2) is 11.0. The largest absolute Gasteiger partial charge is 0.292 e. The molecule has 0 saturated carbocycles. The monoisotopic (exact) mass is 624 g/mol. The van der Waals surface area contributed by atoms with Gasteiger partial charge in [-0.15, -0.1) is 0 Å². The SMILES string of the molecule is c1ccc(-n2c(-c3ccc4ccc5c(-c6cc(-c7ccncc7)cc(-c7ccncc7)c6)ccc6ccc3c4c65)nc3ccccc32)cc1. The van der Waals surface area contributed by atoms with E-state index in [1.165, 1.54) is 43.4 Å². The molecule has 0 fully saturated rings. The molecular weight excluding hydrogens is 597 g/mol. The molecular formula is C45H28N4. The summed E-state index contributed by atoms with van der Waals surface area (Å²) in [5.41, 5.74) is 11.2. The topological polar surface area (TPSA) is 43.6 Å². The van der Waals surface area contributed by atoms with Crippen molar-refractivity contribution in [3.63, 3.8) is 0 Å². The lowest BCUT2D eigenvalue weighted by atomic mass is 9.87. The molecule has 0 saturated heterocycles. The first-order valence-electron chi connectivity index (χ1n) is 16.5. The van der Waals surface area contributed by atoms with Gasteiger partial charge in [-0.25, -0.2) is 4.98 Å². The fourth-order valence-corrected chi connectivity index (χ4v) is 7.50. The van der Waals surface area contributed by atoms with Gasteiger partial charge in [-0.2, -0.15) is 0 Å². The molecule has 228 valence electrons. The van der Waals surface area contributed by atoms with Gasteiger partial charge in [-0.1, -0.05) is 72.8 Å². The van der Waals surface area contributed by atoms with Crippen LogP contribution in [0, 0.1) is 0 Å². The van der Waals surface area contributed by atoms with Gasteiger partial charge in [-0.3, -0.25) is 14.5 Å². The Morgan fingerprint density at radius 3 is 1.59 bits per heavy atom. The summed E-state index contributed by atoms with van der Waals surface area (Å²) >= 11 is 0. The fraction of sp³-hybridized carbons (Fsp3) is 0. The van der Waals surface area contributed by atoms with Crippen molar-refractivity contribution in [2.45, 2.75) is 0 Å². The minimum Gasteiger partial charge on any atom is -0.292 e. The summed E-state index contributed by atoms with van der Waals surface area (Å²) in [6.45, 7) is 0. The van der Waals surface area contributed by atoms with E-state index in [2.05, 4.69) is 160 Å². The van der Waals surface area contributed by atoms with Crippen LogP contribution in [-0.2, 0) is 0 Å². The number of benzene rings is 7. The van der Waals surface area contributed by atoms with Gasteiger partial charge in [0.25, 0.3) is 0 Å². The van der Waals surface area contributed by atoms with Crippen LogP contribution in [0.2, 0.25) is 0 Å². The predicted octanol–water partition coefficient (Wildman–Crippen LogP) is 11.4. The first-order chi connectivity index (χ1) is 24.3. The van der Waals surface area contributed by atoms with Gasteiger partial charge >= 0.3 is 0 Å². The van der Waals surface area contributed by atoms with E-state index >= 15 is 0 Å². The molecule has 0 spiro atoms. The first-order valence-corrected chi connectivity index (χ1v) is 16.5. The molecule has 3 aromatic heterocycles. The third kappa shape index (κ3) is 4.42. The van der Waals surface area contributed by atoms with Crippen molar-refractivity contribution in [3.05, 3.63) is 170 Å². The Labute approximate surface area is 283 Å². The molecule has 0 unspecified atom stereocenters. The van der Waals surface area contributed by atoms with Crippen molar-refractivity contribution >= 4 is 43.4 Å². The molecule has 4 heteroatoms. The molecule has 0 bridgehead atoms. The summed E-state index contributed by atoms with van der Waals surface area (Å²) in [6, 6.07) is 52.2. The number of hydrogen-bond acceptors (Lipinski definition) is 3. The molecule has 3 heterocycles. The Bertz CT molecular complexity index is 2750. The summed E-state index contributed by atoms with van der Waals surface area (Å²) in [6.07, 6.45) is 7.42. The van der Waals surface area contributed by atoms with Gasteiger partial charge in [0, 0.05) is 36.0 Å². The Hall–Kier alpha value is -6.65. The Kier molecular flexibility index (Phi) is 6.15. The van der Waals surface area contributed by atoms with E-state index in [4.69, 9.17) is 4.98 Å². The highest BCUT2D eigenvalue weighted by Crippen LogP contribution is 2.44. The maximum absolute atomic E-state index is 5.24. The Morgan fingerprint density at radius 2 is 0.939 bits per heavy atom. The number of aromatic nitrogens is 4. The van der Waals surface area contributed by atoms with Crippen molar-refractivity contribution in [2.75, 3.05) is 0 Å². The average molecular weight is 625 g/mol. The summed E-state index contributed by atoms with van der Waals surface area (Å²) in [7, 11) is 0. The minimum atomic E-state index is 0.942. The van der Waals surface area contributed by atoms with Gasteiger partial charge in [0.2, 0.25) is 0 Å². The highest BCUT2D eigenvalue weighted by molar-refractivity contribution is 6.27. The van der Waals surface area contributed by atoms with Gasteiger partial charge in [0.05, 0.1) is 11.0 Å². The molecule has 0 radical (unpaired) electrons. The predicted molar refractivity (Wildman–Crippen MR) is 202 cm³/mol. The van der Waals surface area contributed by atoms with E-state index in [-0.39, 0.29) is 0 Å². The number of hydrogen-bond donors (Lipinski definition) is 0. The lowest BCUT2D eigenvalue weighted by Crippen LogP contribution is -1.98. The van der Waals surface area contributed by atoms with E-state index in [1.807, 2.05) is 24.8 Å². The molecule has 4 nitrogen and oxygen atoms in total. The van der Waals surface area contributed by atoms with Crippen LogP contribution in [0.15, 0.2) is 170 Å². The van der Waals surface area contributed by atoms with Crippen LogP contribution in [0.4, 0.5) is 0 Å². The number of nitrogens with zero attached hydrogens (tertiary/aromatic N) is 4. The van der Waals surface area contributed by atoms with Gasteiger partial charge in [0.1, 0.15) is 5.82 Å². The number of fused-ring (bicyclic) bond motifs is 1. The maximum atomic E-state index is 5.24. The average Bonchev–Trinajstić information content (AvgIpc) is 3.57. The van der Waals surface area contributed by atoms with Crippen molar-refractivity contribution in [2.24, 2.45) is 0 Å². The van der Waals surface area contributed by atoms with E-state index in [1.54, 1.807) is 0 Å². The number of para-hydroxylation sites is 3. The Balaban J connectivity index is 1.24. The van der Waals surface area contributed by atoms with Gasteiger partial charge in [-0.05, 0) is 138 Å². The highest BCUT2D eigenvalue weighted by atomic mass is 15.1. The van der Waals surface area contributed by atoms with Crippen molar-refractivity contribution in [3.8, 4) is 50.5 Å². The van der Waals surface area contributed by atoms with E-state index in [0.29, 0.717) is 0 Å². The standard InChI is InChI=1S/C45H28N4/c1-2-6-36(7-3-1)49-42-9-5-4-8-41(42)48-45(49)40-17-13-32-11-15-38-37(14-10-31-12-16-39(40)44(32)43(31)38)35-27-33(29-18-22-46-23-19-29)26-34(28-35)30-20-24-47-25-21-30/h1-28H. The van der Waals surface area contributed by atoms with Gasteiger partial charge < -0.3 is 0 Å². The third-order valence-electron chi connectivity index (χ3n) is 9.75. The van der Waals surface area contributed by atoms with Crippen LogP contribution in [-0.4, -0.2) is 19.5 Å². The zero-order chi connectivity index (χ0) is 32.3. The third-order valence-corrected chi connectivity index (χ3v) is 9.75. The zero-order valence-corrected chi connectivity index (χ0v) is 26.5. The van der Waals surface area contributed by atoms with Crippen molar-refractivity contribution in [1.29, 1.82) is 0 Å². The molecule has 0 aliphatic rings. The van der Waals surface area contributed by atoms with Crippen LogP contribution in [0.3, 0.4) is 0 Å². The van der Waals surface area contributed by atoms with E-state index < -0.39 is 0 Å². The number of imidazole rings is 1. The molecule has 10 rings (SSSR count). The zero-order valence-electron chi connectivity index (χ0n) is 26.5. The quantitative estimate of drug-likeness (QED) is 0.179. The van der Waals surface area contributed by atoms with Crippen LogP contribution in [0.25, 0.3) is 93.8 Å². The van der Waals surface area contributed by atoms with E-state index in [9.17, 15) is 0 Å². The number of rotatable bonds is 5. The summed E-state index contributed by atoms with van der Waals surface area (Å²) in [4.78, 5) is 13.8. The normalized spacial score (nSPS) is 11.7. The molecule has 10 aromatic rings.